The third kappa shape index (κ3) is 5.09. The number of amides is 1. The van der Waals surface area contributed by atoms with Crippen LogP contribution < -0.4 is 4.74 Å². The molecule has 0 aliphatic heterocycles. The Balaban J connectivity index is 1.78. The van der Waals surface area contributed by atoms with E-state index >= 15 is 0 Å². The highest BCUT2D eigenvalue weighted by Gasteiger charge is 2.34. The molecule has 0 unspecified atom stereocenters. The highest BCUT2D eigenvalue weighted by molar-refractivity contribution is 6.30. The van der Waals surface area contributed by atoms with Gasteiger partial charge < -0.3 is 19.5 Å². The Bertz CT molecular complexity index is 525. The van der Waals surface area contributed by atoms with Crippen LogP contribution in [0.5, 0.6) is 5.75 Å². The van der Waals surface area contributed by atoms with Crippen molar-refractivity contribution in [1.82, 2.24) is 4.90 Å². The van der Waals surface area contributed by atoms with Crippen LogP contribution >= 0.6 is 11.6 Å². The van der Waals surface area contributed by atoms with Crippen molar-refractivity contribution >= 4 is 17.5 Å². The monoisotopic (exact) mass is 341 g/mol. The van der Waals surface area contributed by atoms with Gasteiger partial charge in [0, 0.05) is 25.1 Å². The van der Waals surface area contributed by atoms with Crippen LogP contribution in [0.2, 0.25) is 5.02 Å². The number of hydrogen-bond acceptors (Lipinski definition) is 4. The maximum Gasteiger partial charge on any atom is 0.225 e. The molecule has 3 atom stereocenters. The zero-order valence-corrected chi connectivity index (χ0v) is 14.3. The molecule has 1 fully saturated rings. The van der Waals surface area contributed by atoms with Gasteiger partial charge in [0.05, 0.1) is 18.8 Å². The van der Waals surface area contributed by atoms with Crippen LogP contribution in [0.3, 0.4) is 0 Å². The van der Waals surface area contributed by atoms with Crippen molar-refractivity contribution in [2.45, 2.75) is 31.5 Å². The van der Waals surface area contributed by atoms with E-state index in [0.29, 0.717) is 43.2 Å². The van der Waals surface area contributed by atoms with Gasteiger partial charge in [0.25, 0.3) is 0 Å². The van der Waals surface area contributed by atoms with E-state index in [4.69, 9.17) is 21.1 Å². The average molecular weight is 342 g/mol. The summed E-state index contributed by atoms with van der Waals surface area (Å²) in [6, 6.07) is 7.19. The Morgan fingerprint density at radius 1 is 1.43 bits per heavy atom. The molecule has 1 aliphatic carbocycles. The summed E-state index contributed by atoms with van der Waals surface area (Å²) in [5, 5.41) is 10.4. The second-order valence-corrected chi connectivity index (χ2v) is 6.35. The molecule has 0 heterocycles. The first-order valence-electron chi connectivity index (χ1n) is 7.85. The molecule has 1 N–H and O–H groups in total. The van der Waals surface area contributed by atoms with Gasteiger partial charge in [-0.1, -0.05) is 17.7 Å². The molecule has 1 amide bonds. The first-order valence-corrected chi connectivity index (χ1v) is 8.23. The molecule has 23 heavy (non-hydrogen) atoms. The Labute approximate surface area is 142 Å². The Morgan fingerprint density at radius 2 is 2.22 bits per heavy atom. The molecular weight excluding hydrogens is 318 g/mol. The lowest BCUT2D eigenvalue weighted by Crippen LogP contribution is -2.43. The highest BCUT2D eigenvalue weighted by Crippen LogP contribution is 2.27. The van der Waals surface area contributed by atoms with Gasteiger partial charge in [-0.05, 0) is 37.5 Å². The van der Waals surface area contributed by atoms with Crippen LogP contribution in [0.4, 0.5) is 0 Å². The average Bonchev–Trinajstić information content (AvgIpc) is 2.54. The molecule has 128 valence electrons. The largest absolute Gasteiger partial charge is 0.492 e. The van der Waals surface area contributed by atoms with Gasteiger partial charge in [0.1, 0.15) is 12.4 Å². The minimum absolute atomic E-state index is 0.0774. The summed E-state index contributed by atoms with van der Waals surface area (Å²) < 4.78 is 10.9. The number of aliphatic hydroxyl groups is 1. The summed E-state index contributed by atoms with van der Waals surface area (Å²) in [5.74, 6) is 0.673. The topological polar surface area (TPSA) is 59.0 Å². The van der Waals surface area contributed by atoms with E-state index in [1.54, 1.807) is 31.2 Å². The second kappa shape index (κ2) is 8.52. The predicted octanol–water partition coefficient (Wildman–Crippen LogP) is 2.35. The van der Waals surface area contributed by atoms with Crippen LogP contribution in [0.15, 0.2) is 24.3 Å². The number of aliphatic hydroxyl groups excluding tert-OH is 1. The zero-order chi connectivity index (χ0) is 16.8. The number of carbonyl (C=O) groups excluding carboxylic acids is 1. The third-order valence-electron chi connectivity index (χ3n) is 4.28. The summed E-state index contributed by atoms with van der Waals surface area (Å²) in [7, 11) is 3.35. The maximum atomic E-state index is 12.5. The third-order valence-corrected chi connectivity index (χ3v) is 4.51. The number of methoxy groups -OCH3 is 1. The van der Waals surface area contributed by atoms with Crippen LogP contribution in [0, 0.1) is 5.92 Å². The molecule has 5 nitrogen and oxygen atoms in total. The lowest BCUT2D eigenvalue weighted by atomic mass is 9.84. The number of halogens is 1. The highest BCUT2D eigenvalue weighted by atomic mass is 35.5. The minimum Gasteiger partial charge on any atom is -0.492 e. The fraction of sp³-hybridized carbons (Fsp3) is 0.588. The smallest absolute Gasteiger partial charge is 0.225 e. The minimum atomic E-state index is -0.472. The summed E-state index contributed by atoms with van der Waals surface area (Å²) in [6.07, 6.45) is 1.13. The van der Waals surface area contributed by atoms with Crippen molar-refractivity contribution in [3.8, 4) is 5.75 Å². The predicted molar refractivity (Wildman–Crippen MR) is 88.7 cm³/mol. The van der Waals surface area contributed by atoms with Crippen molar-refractivity contribution in [1.29, 1.82) is 0 Å². The van der Waals surface area contributed by atoms with E-state index in [-0.39, 0.29) is 17.9 Å². The van der Waals surface area contributed by atoms with Gasteiger partial charge in [0.2, 0.25) is 5.91 Å². The summed E-state index contributed by atoms with van der Waals surface area (Å²) in [5.41, 5.74) is 0. The second-order valence-electron chi connectivity index (χ2n) is 5.92. The van der Waals surface area contributed by atoms with Crippen LogP contribution in [0.1, 0.15) is 19.3 Å². The molecule has 1 aromatic rings. The fourth-order valence-corrected chi connectivity index (χ4v) is 3.05. The van der Waals surface area contributed by atoms with E-state index in [1.165, 1.54) is 0 Å². The molecule has 6 heteroatoms. The van der Waals surface area contributed by atoms with Gasteiger partial charge in [-0.15, -0.1) is 0 Å². The Morgan fingerprint density at radius 3 is 2.91 bits per heavy atom. The number of benzene rings is 1. The fourth-order valence-electron chi connectivity index (χ4n) is 2.87. The molecule has 1 saturated carbocycles. The quantitative estimate of drug-likeness (QED) is 0.863. The van der Waals surface area contributed by atoms with E-state index in [0.717, 1.165) is 0 Å². The normalized spacial score (nSPS) is 24.3. The van der Waals surface area contributed by atoms with Crippen LogP contribution in [0.25, 0.3) is 0 Å². The molecule has 1 aromatic carbocycles. The number of nitrogens with zero attached hydrogens (tertiary/aromatic N) is 1. The number of ether oxygens (including phenoxy) is 2. The maximum absolute atomic E-state index is 12.5. The van der Waals surface area contributed by atoms with Crippen LogP contribution in [-0.2, 0) is 9.53 Å². The lowest BCUT2D eigenvalue weighted by Gasteiger charge is -2.33. The molecule has 0 saturated heterocycles. The van der Waals surface area contributed by atoms with Crippen molar-refractivity contribution in [2.24, 2.45) is 5.92 Å². The van der Waals surface area contributed by atoms with Crippen molar-refractivity contribution < 1.29 is 19.4 Å². The molecular formula is C17H24ClNO4. The van der Waals surface area contributed by atoms with Crippen molar-refractivity contribution in [3.05, 3.63) is 29.3 Å². The number of likely N-dealkylation sites (N-methyl/N-ethyl adjacent to an activating group) is 1. The number of carbonyl (C=O) groups is 1. The van der Waals surface area contributed by atoms with Gasteiger partial charge in [-0.2, -0.15) is 0 Å². The Hall–Kier alpha value is -1.30. The molecule has 0 bridgehead atoms. The van der Waals surface area contributed by atoms with Crippen molar-refractivity contribution in [3.63, 3.8) is 0 Å². The van der Waals surface area contributed by atoms with Crippen LogP contribution in [-0.4, -0.2) is 55.4 Å². The van der Waals surface area contributed by atoms with E-state index < -0.39 is 6.10 Å². The molecule has 0 aromatic heterocycles. The molecule has 2 rings (SSSR count). The molecule has 0 spiro atoms. The summed E-state index contributed by atoms with van der Waals surface area (Å²) in [6.45, 7) is 0.910. The van der Waals surface area contributed by atoms with E-state index in [9.17, 15) is 9.90 Å². The number of rotatable bonds is 6. The molecule has 1 aliphatic rings. The van der Waals surface area contributed by atoms with Gasteiger partial charge in [-0.25, -0.2) is 0 Å². The lowest BCUT2D eigenvalue weighted by molar-refractivity contribution is -0.139. The SMILES string of the molecule is CO[C@@H]1C[C@H](C(=O)N(C)CCOc2cccc(Cl)c2)CC[C@@H]1O. The van der Waals surface area contributed by atoms with Gasteiger partial charge in [-0.3, -0.25) is 4.79 Å². The first-order chi connectivity index (χ1) is 11.0. The number of hydrogen-bond donors (Lipinski definition) is 1. The van der Waals surface area contributed by atoms with E-state index in [2.05, 4.69) is 0 Å². The van der Waals surface area contributed by atoms with E-state index in [1.807, 2.05) is 12.1 Å². The molecule has 0 radical (unpaired) electrons. The van der Waals surface area contributed by atoms with Gasteiger partial charge >= 0.3 is 0 Å². The summed E-state index contributed by atoms with van der Waals surface area (Å²) in [4.78, 5) is 14.2. The van der Waals surface area contributed by atoms with Gasteiger partial charge in [0.15, 0.2) is 0 Å². The Kier molecular flexibility index (Phi) is 6.69. The first kappa shape index (κ1) is 18.0. The summed E-state index contributed by atoms with van der Waals surface area (Å²) >= 11 is 5.90. The zero-order valence-electron chi connectivity index (χ0n) is 13.6. The standard InChI is InChI=1S/C17H24ClNO4/c1-19(8-9-23-14-5-3-4-13(18)11-14)17(21)12-6-7-15(20)16(10-12)22-2/h3-5,11-12,15-16,20H,6-10H2,1-2H3/t12-,15+,16-/m1/s1. The van der Waals surface area contributed by atoms with Crippen molar-refractivity contribution in [2.75, 3.05) is 27.3 Å².